The van der Waals surface area contributed by atoms with Crippen LogP contribution in [0.25, 0.3) is 0 Å². The summed E-state index contributed by atoms with van der Waals surface area (Å²) in [7, 11) is 0. The topological polar surface area (TPSA) is 153 Å². The van der Waals surface area contributed by atoms with Gasteiger partial charge in [-0.15, -0.1) is 0 Å². The van der Waals surface area contributed by atoms with Crippen LogP contribution in [0.2, 0.25) is 0 Å². The zero-order valence-corrected chi connectivity index (χ0v) is 38.1. The van der Waals surface area contributed by atoms with Gasteiger partial charge in [0.25, 0.3) is 0 Å². The Bertz CT molecular complexity index is 2140. The molecule has 0 radical (unpaired) electrons. The highest BCUT2D eigenvalue weighted by Gasteiger charge is 2.45. The first-order valence-electron chi connectivity index (χ1n) is 21.2. The number of ether oxygens (including phenoxy) is 6. The second-order valence-electron chi connectivity index (χ2n) is 16.5. The van der Waals surface area contributed by atoms with E-state index in [0.29, 0.717) is 31.1 Å². The number of hydrogen-bond acceptors (Lipinski definition) is 11. The predicted molar refractivity (Wildman–Crippen MR) is 236 cm³/mol. The van der Waals surface area contributed by atoms with Crippen LogP contribution >= 0.6 is 31.9 Å². The number of carbonyl (C=O) groups excluding carboxylic acids is 1. The molecule has 0 bridgehead atoms. The van der Waals surface area contributed by atoms with Crippen LogP contribution in [0, 0.1) is 11.8 Å². The largest absolute Gasteiger partial charge is 0.493 e. The highest BCUT2D eigenvalue weighted by Crippen LogP contribution is 2.43. The number of hydrogen-bond donors (Lipinski definition) is 4. The smallest absolute Gasteiger partial charge is 0.303 e. The fraction of sp³-hybridized carbons (Fsp3) is 0.479. The van der Waals surface area contributed by atoms with E-state index in [-0.39, 0.29) is 30.2 Å². The third-order valence-corrected chi connectivity index (χ3v) is 13.9. The summed E-state index contributed by atoms with van der Waals surface area (Å²) in [5.41, 5.74) is 7.45. The van der Waals surface area contributed by atoms with E-state index in [4.69, 9.17) is 28.4 Å². The molecule has 61 heavy (non-hydrogen) atoms. The molecule has 2 fully saturated rings. The number of aliphatic hydroxyl groups is 4. The molecule has 4 aliphatic heterocycles. The van der Waals surface area contributed by atoms with Gasteiger partial charge in [-0.3, -0.25) is 4.79 Å². The van der Waals surface area contributed by atoms with Crippen LogP contribution in [-0.2, 0) is 38.3 Å². The van der Waals surface area contributed by atoms with Crippen molar-refractivity contribution in [1.82, 2.24) is 0 Å². The Kier molecular flexibility index (Phi) is 15.2. The van der Waals surface area contributed by atoms with Crippen LogP contribution in [0.1, 0.15) is 91.7 Å². The van der Waals surface area contributed by atoms with Gasteiger partial charge in [0.05, 0.1) is 19.3 Å². The SMILES string of the molecule is CC[C@H]1O[C@@H](c2ccc(Br)c(Cc3ccc4c(c3)CCCO4)c2)[C@H](OC(C)=O)[C@@H](C)[C@@H]1C.OC[C@H]1O[C@@H](c2ccc(Br)c(Cc3ccc4c(c3)OCCO4)c2)[C@H](O)[C@@H](O)[C@@H]1O. The summed E-state index contributed by atoms with van der Waals surface area (Å²) in [6.45, 7) is 9.41. The summed E-state index contributed by atoms with van der Waals surface area (Å²) in [5, 5.41) is 39.9. The van der Waals surface area contributed by atoms with Gasteiger partial charge in [-0.05, 0) is 107 Å². The Labute approximate surface area is 374 Å². The van der Waals surface area contributed by atoms with Crippen molar-refractivity contribution in [3.05, 3.63) is 121 Å². The number of fused-ring (bicyclic) bond motifs is 2. The molecule has 328 valence electrons. The van der Waals surface area contributed by atoms with Crippen LogP contribution < -0.4 is 14.2 Å². The predicted octanol–water partition coefficient (Wildman–Crippen LogP) is 7.74. The minimum absolute atomic E-state index is 0.148. The summed E-state index contributed by atoms with van der Waals surface area (Å²) in [6.07, 6.45) is -1.81. The normalized spacial score (nSPS) is 28.1. The summed E-state index contributed by atoms with van der Waals surface area (Å²) in [4.78, 5) is 11.9. The number of halogens is 2. The third-order valence-electron chi connectivity index (χ3n) is 12.3. The molecule has 0 spiro atoms. The molecule has 8 rings (SSSR count). The average molecular weight is 969 g/mol. The van der Waals surface area contributed by atoms with Crippen molar-refractivity contribution in [3.8, 4) is 17.2 Å². The standard InChI is InChI=1S/C27H33BrO4.C21H23BrO7/c1-5-24-16(2)17(3)26(31-18(4)29)27(32-24)21-9-10-23(28)22(15-21)14-19-8-11-25-20(13-19)7-6-12-30-25;22-14-3-2-12(21-20(26)19(25)18(24)17(10-23)29-21)9-13(14)7-11-1-4-15-16(8-11)28-6-5-27-15/h8-11,13,15-17,24,26-27H,5-7,12,14H2,1-4H3;1-4,8-9,17-21,23-26H,5-7,10H2/t16-,17-,24+,26+,27-;17-,18-,19+,20-,21+/m01/s1. The van der Waals surface area contributed by atoms with Gasteiger partial charge >= 0.3 is 5.97 Å². The first-order valence-corrected chi connectivity index (χ1v) is 22.8. The molecule has 4 aromatic carbocycles. The number of benzene rings is 4. The summed E-state index contributed by atoms with van der Waals surface area (Å²) < 4.78 is 36.9. The fourth-order valence-electron chi connectivity index (χ4n) is 8.75. The van der Waals surface area contributed by atoms with Crippen molar-refractivity contribution < 1.29 is 53.6 Å². The van der Waals surface area contributed by atoms with Crippen LogP contribution in [0.4, 0.5) is 0 Å². The lowest BCUT2D eigenvalue weighted by Crippen LogP contribution is -2.55. The highest BCUT2D eigenvalue weighted by atomic mass is 79.9. The first-order chi connectivity index (χ1) is 29.3. The maximum Gasteiger partial charge on any atom is 0.303 e. The summed E-state index contributed by atoms with van der Waals surface area (Å²) in [5.74, 6) is 2.75. The second kappa shape index (κ2) is 20.3. The van der Waals surface area contributed by atoms with Crippen LogP contribution in [-0.4, -0.2) is 89.4 Å². The van der Waals surface area contributed by atoms with Crippen molar-refractivity contribution in [3.63, 3.8) is 0 Å². The van der Waals surface area contributed by atoms with E-state index in [1.54, 1.807) is 6.07 Å². The molecule has 10 atom stereocenters. The van der Waals surface area contributed by atoms with Crippen LogP contribution in [0.3, 0.4) is 0 Å². The monoisotopic (exact) mass is 966 g/mol. The molecule has 13 heteroatoms. The molecule has 4 aromatic rings. The molecular formula is C48H56Br2O11. The van der Waals surface area contributed by atoms with Crippen LogP contribution in [0.15, 0.2) is 81.7 Å². The molecule has 2 saturated heterocycles. The van der Waals surface area contributed by atoms with E-state index in [1.165, 1.54) is 23.6 Å². The Morgan fingerprint density at radius 2 is 1.28 bits per heavy atom. The zero-order chi connectivity index (χ0) is 43.4. The maximum absolute atomic E-state index is 11.9. The zero-order valence-electron chi connectivity index (χ0n) is 35.0. The van der Waals surface area contributed by atoms with Gasteiger partial charge < -0.3 is 48.8 Å². The lowest BCUT2D eigenvalue weighted by molar-refractivity contribution is -0.231. The first kappa shape index (κ1) is 45.5. The van der Waals surface area contributed by atoms with Crippen molar-refractivity contribution in [2.75, 3.05) is 26.4 Å². The third kappa shape index (κ3) is 10.5. The van der Waals surface area contributed by atoms with Gasteiger partial charge in [0.1, 0.15) is 61.7 Å². The van der Waals surface area contributed by atoms with Gasteiger partial charge in [-0.25, -0.2) is 0 Å². The number of aliphatic hydroxyl groups excluding tert-OH is 4. The van der Waals surface area contributed by atoms with Gasteiger partial charge in [0.2, 0.25) is 0 Å². The number of carbonyl (C=O) groups is 1. The van der Waals surface area contributed by atoms with Gasteiger partial charge in [0.15, 0.2) is 11.5 Å². The Morgan fingerprint density at radius 1 is 0.689 bits per heavy atom. The Morgan fingerprint density at radius 3 is 1.92 bits per heavy atom. The number of esters is 1. The van der Waals surface area contributed by atoms with Gasteiger partial charge in [-0.2, -0.15) is 0 Å². The summed E-state index contributed by atoms with van der Waals surface area (Å²) in [6, 6.07) is 24.2. The summed E-state index contributed by atoms with van der Waals surface area (Å²) >= 11 is 7.30. The number of aryl methyl sites for hydroxylation is 1. The lowest BCUT2D eigenvalue weighted by atomic mass is 9.78. The molecule has 0 aromatic heterocycles. The van der Waals surface area contributed by atoms with Crippen molar-refractivity contribution in [2.45, 2.75) is 109 Å². The Balaban J connectivity index is 0.000000185. The van der Waals surface area contributed by atoms with E-state index in [2.05, 4.69) is 89.0 Å². The average Bonchev–Trinajstić information content (AvgIpc) is 3.26. The molecule has 4 N–H and O–H groups in total. The fourth-order valence-corrected chi connectivity index (χ4v) is 9.53. The van der Waals surface area contributed by atoms with E-state index >= 15 is 0 Å². The van der Waals surface area contributed by atoms with E-state index < -0.39 is 37.1 Å². The molecule has 0 amide bonds. The molecule has 0 saturated carbocycles. The molecule has 4 aliphatic rings. The van der Waals surface area contributed by atoms with Crippen molar-refractivity contribution in [2.24, 2.45) is 11.8 Å². The van der Waals surface area contributed by atoms with E-state index in [9.17, 15) is 25.2 Å². The Hall–Kier alpha value is -3.53. The van der Waals surface area contributed by atoms with Gasteiger partial charge in [0, 0.05) is 21.8 Å². The highest BCUT2D eigenvalue weighted by molar-refractivity contribution is 9.10. The minimum Gasteiger partial charge on any atom is -0.493 e. The minimum atomic E-state index is -1.41. The van der Waals surface area contributed by atoms with Crippen molar-refractivity contribution in [1.29, 1.82) is 0 Å². The second-order valence-corrected chi connectivity index (χ2v) is 18.2. The molecule has 4 heterocycles. The molecular weight excluding hydrogens is 912 g/mol. The van der Waals surface area contributed by atoms with Crippen molar-refractivity contribution >= 4 is 37.8 Å². The van der Waals surface area contributed by atoms with E-state index in [0.717, 1.165) is 75.2 Å². The maximum atomic E-state index is 11.9. The molecule has 11 nitrogen and oxygen atoms in total. The quantitative estimate of drug-likeness (QED) is 0.122. The molecule has 0 aliphatic carbocycles. The van der Waals surface area contributed by atoms with E-state index in [1.807, 2.05) is 30.3 Å². The van der Waals surface area contributed by atoms with Crippen LogP contribution in [0.5, 0.6) is 17.2 Å². The lowest BCUT2D eigenvalue weighted by Gasteiger charge is -2.44. The number of rotatable bonds is 9. The van der Waals surface area contributed by atoms with Gasteiger partial charge in [-0.1, -0.05) is 95.1 Å². The molecule has 0 unspecified atom stereocenters.